The molecule has 3 rings (SSSR count). The molecule has 0 unspecified atom stereocenters. The molecule has 20 heteroatoms. The van der Waals surface area contributed by atoms with E-state index in [0.717, 1.165) is 16.7 Å². The number of ether oxygens (including phenoxy) is 3. The number of aliphatic hydroxyl groups is 3. The molecule has 6 atom stereocenters. The number of rotatable bonds is 21. The van der Waals surface area contributed by atoms with Crippen LogP contribution in [0.3, 0.4) is 0 Å². The first-order valence-corrected chi connectivity index (χ1v) is 24.9. The SMILES string of the molecule is CCOC(=O)C[C@@H](O)[C@@H](Cc1ccccc1)C(=O)OCC.CCOC(=O)C[C@@H](O)[C@H](Cc1ccccc1)C(=O)O.I.II.O=C(O)C[C@@H](O)[C@H](Cc1ccccc1)C(=O)O.[H+].[Na+].[OH-]. The number of halogens is 3. The van der Waals surface area contributed by atoms with Gasteiger partial charge in [-0.1, -0.05) is 91.0 Å². The second-order valence-corrected chi connectivity index (χ2v) is 12.6. The average molecular weight is 1220 g/mol. The zero-order valence-corrected chi connectivity index (χ0v) is 43.6. The van der Waals surface area contributed by atoms with E-state index in [1.54, 1.807) is 75.4 Å². The standard InChI is InChI=1S/C16H22O5.C14H18O5.C12H14O5.I2.HI.Na.H2O/c1-3-20-15(18)11-14(17)13(16(19)21-4-2)10-12-8-6-5-7-9-12;1-2-19-13(16)9-12(15)11(14(17)18)8-10-6-4-3-5-7-10;13-10(7-11(14)15)9(12(16)17)6-8-4-2-1-3-5-8;1-2;;;/h5-9,13-14,17H,3-4,10-11H2,1-2H3;3-7,11-12,15H,2,8-9H2,1H3,(H,17,18);1-5,9-10,13H,6-7H2,(H,14,15)(H,16,17);;1H;;1H2/q;;;;;+1;/t13-,14-;11-,12+;9-,10+;;;;/m100..../s1. The molecule has 0 saturated carbocycles. The maximum absolute atomic E-state index is 12.0. The van der Waals surface area contributed by atoms with Crippen LogP contribution in [0.15, 0.2) is 91.0 Å². The van der Waals surface area contributed by atoms with Crippen molar-refractivity contribution in [2.75, 3.05) is 19.8 Å². The minimum atomic E-state index is -1.38. The van der Waals surface area contributed by atoms with Crippen LogP contribution in [-0.4, -0.2) is 110 Å². The number of esters is 3. The van der Waals surface area contributed by atoms with E-state index in [9.17, 15) is 44.1 Å². The van der Waals surface area contributed by atoms with E-state index in [0.29, 0.717) is 6.42 Å². The van der Waals surface area contributed by atoms with Crippen LogP contribution in [-0.2, 0) is 62.2 Å². The molecule has 16 nitrogen and oxygen atoms in total. The fraction of sp³-hybridized carbons (Fsp3) is 0.429. The van der Waals surface area contributed by atoms with Crippen molar-refractivity contribution >= 4 is 97.0 Å². The topological polar surface area (TPSA) is 281 Å². The van der Waals surface area contributed by atoms with Crippen LogP contribution < -0.4 is 29.6 Å². The zero-order chi connectivity index (χ0) is 44.8. The van der Waals surface area contributed by atoms with E-state index in [1.165, 1.54) is 0 Å². The third-order valence-electron chi connectivity index (χ3n) is 8.26. The van der Waals surface area contributed by atoms with Crippen molar-refractivity contribution in [3.05, 3.63) is 108 Å². The van der Waals surface area contributed by atoms with Gasteiger partial charge in [-0.3, -0.25) is 28.8 Å². The first kappa shape index (κ1) is 66.1. The molecule has 0 spiro atoms. The normalized spacial score (nSPS) is 12.6. The summed E-state index contributed by atoms with van der Waals surface area (Å²) in [4.78, 5) is 67.3. The Kier molecular flexibility index (Phi) is 42.7. The molecule has 0 bridgehead atoms. The molecule has 0 amide bonds. The Labute approximate surface area is 425 Å². The number of carbonyl (C=O) groups is 6. The first-order chi connectivity index (χ1) is 28.1. The molecule has 0 heterocycles. The van der Waals surface area contributed by atoms with Gasteiger partial charge < -0.3 is 50.3 Å². The molecule has 342 valence electrons. The van der Waals surface area contributed by atoms with Crippen molar-refractivity contribution in [1.82, 2.24) is 0 Å². The second-order valence-electron chi connectivity index (χ2n) is 12.6. The summed E-state index contributed by atoms with van der Waals surface area (Å²) in [6.45, 7) is 5.74. The molecule has 0 aliphatic rings. The maximum atomic E-state index is 12.0. The predicted octanol–water partition coefficient (Wildman–Crippen LogP) is 3.06. The van der Waals surface area contributed by atoms with E-state index in [2.05, 4.69) is 37.2 Å². The van der Waals surface area contributed by atoms with Crippen molar-refractivity contribution < 1.29 is 110 Å². The molecule has 3 aromatic carbocycles. The van der Waals surface area contributed by atoms with Gasteiger partial charge >= 0.3 is 66.8 Å². The average Bonchev–Trinajstić information content (AvgIpc) is 3.20. The summed E-state index contributed by atoms with van der Waals surface area (Å²) < 4.78 is 14.5. The van der Waals surface area contributed by atoms with Gasteiger partial charge in [-0.25, -0.2) is 0 Å². The summed E-state index contributed by atoms with van der Waals surface area (Å²) in [6, 6.07) is 27.1. The van der Waals surface area contributed by atoms with E-state index in [-0.39, 0.29) is 106 Å². The van der Waals surface area contributed by atoms with Gasteiger partial charge in [-0.05, 0) is 56.7 Å². The molecular formula is C42H57I3NaO16+. The van der Waals surface area contributed by atoms with Crippen LogP contribution in [0, 0.1) is 17.8 Å². The summed E-state index contributed by atoms with van der Waals surface area (Å²) in [5, 5.41) is 56.2. The van der Waals surface area contributed by atoms with Crippen molar-refractivity contribution in [2.45, 2.75) is 77.6 Å². The van der Waals surface area contributed by atoms with E-state index in [1.807, 2.05) is 36.4 Å². The van der Waals surface area contributed by atoms with Gasteiger partial charge in [0.05, 0.1) is 75.1 Å². The van der Waals surface area contributed by atoms with Crippen LogP contribution >= 0.6 is 61.2 Å². The fourth-order valence-electron chi connectivity index (χ4n) is 5.39. The Hall–Kier alpha value is -2.49. The van der Waals surface area contributed by atoms with Gasteiger partial charge in [0.2, 0.25) is 0 Å². The van der Waals surface area contributed by atoms with Gasteiger partial charge in [0.15, 0.2) is 0 Å². The monoisotopic (exact) mass is 1220 g/mol. The number of carbonyl (C=O) groups excluding carboxylic acids is 3. The molecule has 0 radical (unpaired) electrons. The number of aliphatic hydroxyl groups excluding tert-OH is 3. The van der Waals surface area contributed by atoms with Crippen LogP contribution in [0.4, 0.5) is 0 Å². The van der Waals surface area contributed by atoms with E-state index >= 15 is 0 Å². The molecule has 0 aromatic heterocycles. The molecule has 0 saturated heterocycles. The van der Waals surface area contributed by atoms with E-state index < -0.39 is 78.3 Å². The van der Waals surface area contributed by atoms with Crippen LogP contribution in [0.2, 0.25) is 0 Å². The Bertz CT molecular complexity index is 1670. The van der Waals surface area contributed by atoms with Crippen molar-refractivity contribution in [2.24, 2.45) is 17.8 Å². The van der Waals surface area contributed by atoms with Crippen molar-refractivity contribution in [1.29, 1.82) is 0 Å². The zero-order valence-electron chi connectivity index (χ0n) is 36.0. The number of carboxylic acid groups (broad SMARTS) is 3. The summed E-state index contributed by atoms with van der Waals surface area (Å²) in [6.07, 6.45) is -4.24. The number of hydrogen-bond acceptors (Lipinski definition) is 13. The molecule has 0 fully saturated rings. The van der Waals surface area contributed by atoms with Crippen LogP contribution in [0.25, 0.3) is 0 Å². The smallest absolute Gasteiger partial charge is 0.870 e. The number of carboxylic acids is 3. The minimum Gasteiger partial charge on any atom is -0.870 e. The van der Waals surface area contributed by atoms with Crippen molar-refractivity contribution in [3.63, 3.8) is 0 Å². The molecule has 3 aromatic rings. The summed E-state index contributed by atoms with van der Waals surface area (Å²) in [5.74, 6) is -8.04. The summed E-state index contributed by atoms with van der Waals surface area (Å²) in [5.41, 5.74) is 2.46. The fourth-order valence-corrected chi connectivity index (χ4v) is 5.39. The van der Waals surface area contributed by atoms with Gasteiger partial charge in [-0.2, -0.15) is 0 Å². The number of aliphatic carboxylic acids is 3. The largest absolute Gasteiger partial charge is 1.00 e. The molecule has 62 heavy (non-hydrogen) atoms. The maximum Gasteiger partial charge on any atom is 1.00 e. The Balaban J connectivity index is -0.000000255. The van der Waals surface area contributed by atoms with Crippen LogP contribution in [0.1, 0.15) is 58.2 Å². The molecule has 0 aliphatic carbocycles. The van der Waals surface area contributed by atoms with Crippen LogP contribution in [0.5, 0.6) is 0 Å². The van der Waals surface area contributed by atoms with Gasteiger partial charge in [0, 0.05) is 37.2 Å². The summed E-state index contributed by atoms with van der Waals surface area (Å²) in [7, 11) is 0. The second kappa shape index (κ2) is 40.1. The van der Waals surface area contributed by atoms with Crippen molar-refractivity contribution in [3.8, 4) is 0 Å². The predicted molar refractivity (Wildman–Crippen MR) is 252 cm³/mol. The number of benzene rings is 3. The molecule has 7 N–H and O–H groups in total. The molecule has 0 aliphatic heterocycles. The first-order valence-electron chi connectivity index (χ1n) is 18.6. The minimum absolute atomic E-state index is 0. The van der Waals surface area contributed by atoms with E-state index in [4.69, 9.17) is 29.5 Å². The van der Waals surface area contributed by atoms with Gasteiger partial charge in [-0.15, -0.1) is 24.0 Å². The molecular weight excluding hydrogens is 1160 g/mol. The third-order valence-corrected chi connectivity index (χ3v) is 8.26. The van der Waals surface area contributed by atoms with Gasteiger partial charge in [0.25, 0.3) is 0 Å². The van der Waals surface area contributed by atoms with Gasteiger partial charge in [0.1, 0.15) is 0 Å². The Morgan fingerprint density at radius 2 is 0.790 bits per heavy atom. The Morgan fingerprint density at radius 3 is 1.06 bits per heavy atom. The summed E-state index contributed by atoms with van der Waals surface area (Å²) >= 11 is 4.24. The quantitative estimate of drug-likeness (QED) is 0.0387. The Morgan fingerprint density at radius 1 is 0.516 bits per heavy atom. The number of hydrogen-bond donors (Lipinski definition) is 6. The third kappa shape index (κ3) is 29.8.